The van der Waals surface area contributed by atoms with Crippen LogP contribution in [0.4, 0.5) is 0 Å². The number of ketones is 1. The number of nitrogens with one attached hydrogen (secondary N) is 1. The van der Waals surface area contributed by atoms with Crippen molar-refractivity contribution in [1.82, 2.24) is 4.72 Å². The average Bonchev–Trinajstić information content (AvgIpc) is 2.52. The van der Waals surface area contributed by atoms with E-state index in [0.717, 1.165) is 11.8 Å². The summed E-state index contributed by atoms with van der Waals surface area (Å²) in [7, 11) is -3.30. The van der Waals surface area contributed by atoms with E-state index in [4.69, 9.17) is 5.11 Å². The number of rotatable bonds is 7. The van der Waals surface area contributed by atoms with Gasteiger partial charge < -0.3 is 5.11 Å². The van der Waals surface area contributed by atoms with E-state index in [0.29, 0.717) is 5.56 Å². The quantitative estimate of drug-likeness (QED) is 0.745. The van der Waals surface area contributed by atoms with Gasteiger partial charge in [-0.05, 0) is 17.2 Å². The van der Waals surface area contributed by atoms with Crippen molar-refractivity contribution in [2.45, 2.75) is 13.0 Å². The lowest BCUT2D eigenvalue weighted by Crippen LogP contribution is -2.21. The Morgan fingerprint density at radius 3 is 2.25 bits per heavy atom. The molecule has 7 heteroatoms. The monoisotopic (exact) mass is 347 g/mol. The predicted molar refractivity (Wildman–Crippen MR) is 89.6 cm³/mol. The van der Waals surface area contributed by atoms with Gasteiger partial charge in [0.25, 0.3) is 0 Å². The second-order valence-electron chi connectivity index (χ2n) is 5.36. The van der Waals surface area contributed by atoms with Crippen LogP contribution in [0.25, 0.3) is 0 Å². The molecule has 24 heavy (non-hydrogen) atoms. The summed E-state index contributed by atoms with van der Waals surface area (Å²) >= 11 is 0. The number of Topliss-reactive ketones (excluding diaryl/α,β-unsaturated/α-hetero) is 1. The fraction of sp³-hybridized carbons (Fsp3) is 0.176. The molecule has 0 radical (unpaired) electrons. The predicted octanol–water partition coefficient (Wildman–Crippen LogP) is 1.86. The zero-order chi connectivity index (χ0) is 17.7. The molecule has 0 heterocycles. The topological polar surface area (TPSA) is 101 Å². The average molecular weight is 347 g/mol. The first-order chi connectivity index (χ1) is 11.3. The standard InChI is InChI=1S/C17H17NO5S/c1-24(22,23)18-11-13-6-4-5-12(9-13)10-16(19)14-7-2-3-8-15(14)17(20)21/h2-9,18H,10-11H2,1H3,(H,20,21). The van der Waals surface area contributed by atoms with Crippen molar-refractivity contribution in [3.8, 4) is 0 Å². The van der Waals surface area contributed by atoms with Crippen molar-refractivity contribution in [1.29, 1.82) is 0 Å². The maximum atomic E-state index is 12.4. The zero-order valence-corrected chi connectivity index (χ0v) is 13.8. The third-order valence-corrected chi connectivity index (χ3v) is 4.02. The minimum Gasteiger partial charge on any atom is -0.478 e. The molecule has 0 aromatic heterocycles. The Bertz CT molecular complexity index is 874. The molecule has 0 bridgehead atoms. The van der Waals surface area contributed by atoms with Gasteiger partial charge >= 0.3 is 5.97 Å². The first kappa shape index (κ1) is 17.8. The molecule has 0 spiro atoms. The van der Waals surface area contributed by atoms with Gasteiger partial charge in [0.1, 0.15) is 0 Å². The van der Waals surface area contributed by atoms with Crippen molar-refractivity contribution in [2.75, 3.05) is 6.26 Å². The van der Waals surface area contributed by atoms with Gasteiger partial charge in [-0.25, -0.2) is 17.9 Å². The molecular formula is C17H17NO5S. The lowest BCUT2D eigenvalue weighted by Gasteiger charge is -2.07. The van der Waals surface area contributed by atoms with Crippen LogP contribution in [0.15, 0.2) is 48.5 Å². The molecule has 2 N–H and O–H groups in total. The van der Waals surface area contributed by atoms with E-state index in [1.165, 1.54) is 12.1 Å². The van der Waals surface area contributed by atoms with Gasteiger partial charge in [0.05, 0.1) is 11.8 Å². The molecule has 0 atom stereocenters. The summed E-state index contributed by atoms with van der Waals surface area (Å²) in [4.78, 5) is 23.6. The van der Waals surface area contributed by atoms with Crippen LogP contribution < -0.4 is 4.72 Å². The molecule has 2 rings (SSSR count). The normalized spacial score (nSPS) is 11.2. The smallest absolute Gasteiger partial charge is 0.336 e. The molecule has 0 unspecified atom stereocenters. The summed E-state index contributed by atoms with van der Waals surface area (Å²) < 4.78 is 24.6. The molecule has 2 aromatic carbocycles. The van der Waals surface area contributed by atoms with Crippen molar-refractivity contribution < 1.29 is 23.1 Å². The van der Waals surface area contributed by atoms with Crippen LogP contribution in [0, 0.1) is 0 Å². The van der Waals surface area contributed by atoms with Crippen molar-refractivity contribution in [3.63, 3.8) is 0 Å². The third kappa shape index (κ3) is 5.00. The van der Waals surface area contributed by atoms with E-state index in [1.807, 2.05) is 0 Å². The second-order valence-corrected chi connectivity index (χ2v) is 7.20. The van der Waals surface area contributed by atoms with Crippen molar-refractivity contribution in [2.24, 2.45) is 0 Å². The maximum Gasteiger partial charge on any atom is 0.336 e. The molecule has 0 saturated carbocycles. The lowest BCUT2D eigenvalue weighted by atomic mass is 9.98. The fourth-order valence-electron chi connectivity index (χ4n) is 2.26. The molecule has 0 fully saturated rings. The van der Waals surface area contributed by atoms with E-state index in [-0.39, 0.29) is 29.9 Å². The number of carbonyl (C=O) groups excluding carboxylic acids is 1. The minimum atomic E-state index is -3.30. The van der Waals surface area contributed by atoms with Crippen LogP contribution in [-0.2, 0) is 23.0 Å². The number of carbonyl (C=O) groups is 2. The highest BCUT2D eigenvalue weighted by atomic mass is 32.2. The molecule has 0 amide bonds. The summed E-state index contributed by atoms with van der Waals surface area (Å²) in [6.45, 7) is 0.132. The summed E-state index contributed by atoms with van der Waals surface area (Å²) in [5, 5.41) is 9.15. The van der Waals surface area contributed by atoms with E-state index in [9.17, 15) is 18.0 Å². The number of benzene rings is 2. The van der Waals surface area contributed by atoms with Gasteiger partial charge in [0.15, 0.2) is 5.78 Å². The number of sulfonamides is 1. The molecular weight excluding hydrogens is 330 g/mol. The van der Waals surface area contributed by atoms with Crippen molar-refractivity contribution >= 4 is 21.8 Å². The molecule has 0 aliphatic rings. The number of hydrogen-bond acceptors (Lipinski definition) is 4. The number of carboxylic acid groups (broad SMARTS) is 1. The lowest BCUT2D eigenvalue weighted by molar-refractivity contribution is 0.0692. The van der Waals surface area contributed by atoms with E-state index in [1.54, 1.807) is 36.4 Å². The molecule has 6 nitrogen and oxygen atoms in total. The highest BCUT2D eigenvalue weighted by Crippen LogP contribution is 2.14. The Hall–Kier alpha value is -2.51. The van der Waals surface area contributed by atoms with Crippen LogP contribution >= 0.6 is 0 Å². The van der Waals surface area contributed by atoms with E-state index in [2.05, 4.69) is 4.72 Å². The SMILES string of the molecule is CS(=O)(=O)NCc1cccc(CC(=O)c2ccccc2C(=O)O)c1. The minimum absolute atomic E-state index is 0.0302. The van der Waals surface area contributed by atoms with Gasteiger partial charge in [0, 0.05) is 18.5 Å². The second kappa shape index (κ2) is 7.37. The molecule has 126 valence electrons. The van der Waals surface area contributed by atoms with Gasteiger partial charge in [-0.1, -0.05) is 42.5 Å². The van der Waals surface area contributed by atoms with Crippen LogP contribution in [0.2, 0.25) is 0 Å². The molecule has 2 aromatic rings. The highest BCUT2D eigenvalue weighted by molar-refractivity contribution is 7.88. The maximum absolute atomic E-state index is 12.4. The Morgan fingerprint density at radius 2 is 1.62 bits per heavy atom. The largest absolute Gasteiger partial charge is 0.478 e. The third-order valence-electron chi connectivity index (χ3n) is 3.35. The zero-order valence-electron chi connectivity index (χ0n) is 13.0. The van der Waals surface area contributed by atoms with Crippen LogP contribution in [0.5, 0.6) is 0 Å². The van der Waals surface area contributed by atoms with Crippen LogP contribution in [-0.4, -0.2) is 31.5 Å². The highest BCUT2D eigenvalue weighted by Gasteiger charge is 2.16. The molecule has 0 saturated heterocycles. The van der Waals surface area contributed by atoms with Gasteiger partial charge in [-0.15, -0.1) is 0 Å². The first-order valence-electron chi connectivity index (χ1n) is 7.14. The molecule has 0 aliphatic heterocycles. The fourth-order valence-corrected chi connectivity index (χ4v) is 2.69. The Morgan fingerprint density at radius 1 is 1.00 bits per heavy atom. The summed E-state index contributed by atoms with van der Waals surface area (Å²) in [6, 6.07) is 13.0. The Kier molecular flexibility index (Phi) is 5.48. The Labute approximate surface area is 140 Å². The van der Waals surface area contributed by atoms with Crippen LogP contribution in [0.3, 0.4) is 0 Å². The summed E-state index contributed by atoms with van der Waals surface area (Å²) in [5.74, 6) is -1.45. The van der Waals surface area contributed by atoms with Crippen molar-refractivity contribution in [3.05, 3.63) is 70.8 Å². The number of hydrogen-bond donors (Lipinski definition) is 2. The van der Waals surface area contributed by atoms with Gasteiger partial charge in [-0.2, -0.15) is 0 Å². The molecule has 0 aliphatic carbocycles. The number of carboxylic acids is 1. The Balaban J connectivity index is 2.17. The van der Waals surface area contributed by atoms with Gasteiger partial charge in [0.2, 0.25) is 10.0 Å². The van der Waals surface area contributed by atoms with Gasteiger partial charge in [-0.3, -0.25) is 4.79 Å². The van der Waals surface area contributed by atoms with Crippen LogP contribution in [0.1, 0.15) is 31.8 Å². The van der Waals surface area contributed by atoms with E-state index >= 15 is 0 Å². The van der Waals surface area contributed by atoms with E-state index < -0.39 is 16.0 Å². The summed E-state index contributed by atoms with van der Waals surface area (Å²) in [5.41, 5.74) is 1.53. The summed E-state index contributed by atoms with van der Waals surface area (Å²) in [6.07, 6.45) is 1.11. The number of aromatic carboxylic acids is 1. The first-order valence-corrected chi connectivity index (χ1v) is 9.03.